The molecule has 0 aliphatic rings. The van der Waals surface area contributed by atoms with Gasteiger partial charge in [-0.2, -0.15) is 0 Å². The third-order valence-electron chi connectivity index (χ3n) is 2.67. The summed E-state index contributed by atoms with van der Waals surface area (Å²) in [4.78, 5) is 0. The molecular weight excluding hydrogens is 228 g/mol. The molecule has 0 radical (unpaired) electrons. The monoisotopic (exact) mass is 250 g/mol. The third kappa shape index (κ3) is 3.69. The van der Waals surface area contributed by atoms with Crippen LogP contribution in [0.4, 0.5) is 0 Å². The molecule has 0 spiro atoms. The van der Waals surface area contributed by atoms with E-state index in [9.17, 15) is 5.11 Å². The number of phenolic OH excluding ortho intramolecular Hbond substituents is 1. The average molecular weight is 250 g/mol. The molecule has 0 fully saturated rings. The number of unbranched alkanes of at least 4 members (excludes halogenated alkanes) is 2. The number of allylic oxidation sites excluding steroid dienone is 1. The molecule has 0 amide bonds. The van der Waals surface area contributed by atoms with E-state index in [1.54, 1.807) is 6.07 Å². The fraction of sp³-hybridized carbons (Fsp3) is 0.467. The van der Waals surface area contributed by atoms with Crippen LogP contribution in [-0.2, 0) is 0 Å². The molecule has 100 valence electrons. The summed E-state index contributed by atoms with van der Waals surface area (Å²) in [7, 11) is 1.54. The van der Waals surface area contributed by atoms with Crippen molar-refractivity contribution >= 4 is 6.08 Å². The molecule has 0 unspecified atom stereocenters. The van der Waals surface area contributed by atoms with Gasteiger partial charge in [0, 0.05) is 5.56 Å². The Balaban J connectivity index is 2.92. The molecule has 0 saturated heterocycles. The van der Waals surface area contributed by atoms with E-state index in [-0.39, 0.29) is 5.75 Å². The zero-order valence-electron chi connectivity index (χ0n) is 11.4. The van der Waals surface area contributed by atoms with Gasteiger partial charge >= 0.3 is 0 Å². The Morgan fingerprint density at radius 2 is 2.00 bits per heavy atom. The van der Waals surface area contributed by atoms with E-state index < -0.39 is 0 Å². The van der Waals surface area contributed by atoms with Crippen molar-refractivity contribution in [2.45, 2.75) is 33.1 Å². The molecule has 3 nitrogen and oxygen atoms in total. The zero-order chi connectivity index (χ0) is 13.4. The van der Waals surface area contributed by atoms with E-state index in [2.05, 4.69) is 6.92 Å². The second-order valence-electron chi connectivity index (χ2n) is 4.09. The van der Waals surface area contributed by atoms with Crippen LogP contribution in [0.2, 0.25) is 0 Å². The van der Waals surface area contributed by atoms with Crippen molar-refractivity contribution in [3.63, 3.8) is 0 Å². The van der Waals surface area contributed by atoms with Gasteiger partial charge in [-0.3, -0.25) is 0 Å². The minimum absolute atomic E-state index is 0.108. The minimum atomic E-state index is 0.108. The number of hydrogen-bond acceptors (Lipinski definition) is 3. The lowest BCUT2D eigenvalue weighted by molar-refractivity contribution is 0.278. The highest BCUT2D eigenvalue weighted by Crippen LogP contribution is 2.39. The van der Waals surface area contributed by atoms with Crippen LogP contribution in [0.3, 0.4) is 0 Å². The number of methoxy groups -OCH3 is 1. The highest BCUT2D eigenvalue weighted by Gasteiger charge is 2.13. The van der Waals surface area contributed by atoms with E-state index in [4.69, 9.17) is 9.47 Å². The summed E-state index contributed by atoms with van der Waals surface area (Å²) in [6.45, 7) is 4.73. The molecule has 0 aromatic heterocycles. The molecule has 1 aromatic carbocycles. The van der Waals surface area contributed by atoms with Gasteiger partial charge in [0.15, 0.2) is 11.5 Å². The molecule has 1 rings (SSSR count). The molecule has 18 heavy (non-hydrogen) atoms. The van der Waals surface area contributed by atoms with Crippen LogP contribution in [0.5, 0.6) is 17.2 Å². The lowest BCUT2D eigenvalue weighted by Crippen LogP contribution is -2.01. The smallest absolute Gasteiger partial charge is 0.203 e. The molecule has 1 N–H and O–H groups in total. The van der Waals surface area contributed by atoms with Crippen molar-refractivity contribution in [1.29, 1.82) is 0 Å². The van der Waals surface area contributed by atoms with Gasteiger partial charge in [0.2, 0.25) is 5.75 Å². The van der Waals surface area contributed by atoms with Crippen molar-refractivity contribution in [1.82, 2.24) is 0 Å². The summed E-state index contributed by atoms with van der Waals surface area (Å²) >= 11 is 0. The highest BCUT2D eigenvalue weighted by atomic mass is 16.5. The summed E-state index contributed by atoms with van der Waals surface area (Å²) in [6, 6.07) is 3.44. The van der Waals surface area contributed by atoms with Crippen molar-refractivity contribution in [2.75, 3.05) is 13.7 Å². The topological polar surface area (TPSA) is 38.7 Å². The van der Waals surface area contributed by atoms with E-state index in [0.717, 1.165) is 24.8 Å². The second kappa shape index (κ2) is 7.64. The van der Waals surface area contributed by atoms with Crippen LogP contribution >= 0.6 is 0 Å². The summed E-state index contributed by atoms with van der Waals surface area (Å²) in [5.41, 5.74) is 0.920. The number of ether oxygens (including phenoxy) is 2. The molecule has 0 bridgehead atoms. The van der Waals surface area contributed by atoms with Crippen LogP contribution in [0.25, 0.3) is 6.08 Å². The molecular formula is C15H22O3. The van der Waals surface area contributed by atoms with Gasteiger partial charge in [0.05, 0.1) is 13.7 Å². The maximum atomic E-state index is 9.76. The van der Waals surface area contributed by atoms with Gasteiger partial charge in [0.1, 0.15) is 0 Å². The lowest BCUT2D eigenvalue weighted by Gasteiger charge is -2.14. The summed E-state index contributed by atoms with van der Waals surface area (Å²) in [6.07, 6.45) is 7.18. The van der Waals surface area contributed by atoms with Gasteiger partial charge in [0.25, 0.3) is 0 Å². The number of aromatic hydroxyl groups is 1. The molecule has 0 aliphatic carbocycles. The second-order valence-corrected chi connectivity index (χ2v) is 4.09. The summed E-state index contributed by atoms with van der Waals surface area (Å²) < 4.78 is 11.0. The standard InChI is InChI=1S/C15H22O3/c1-4-6-7-11-18-14-12(8-5-2)9-10-13(16)15(14)17-3/h5,8-10,16H,4,6-7,11H2,1-3H3. The maximum Gasteiger partial charge on any atom is 0.203 e. The maximum absolute atomic E-state index is 9.76. The fourth-order valence-electron chi connectivity index (χ4n) is 1.75. The molecule has 0 saturated carbocycles. The van der Waals surface area contributed by atoms with Gasteiger partial charge in [-0.1, -0.05) is 31.9 Å². The quantitative estimate of drug-likeness (QED) is 0.743. The largest absolute Gasteiger partial charge is 0.504 e. The van der Waals surface area contributed by atoms with Crippen LogP contribution in [0.15, 0.2) is 18.2 Å². The Morgan fingerprint density at radius 3 is 2.61 bits per heavy atom. The predicted molar refractivity (Wildman–Crippen MR) is 74.4 cm³/mol. The van der Waals surface area contributed by atoms with Crippen molar-refractivity contribution in [3.8, 4) is 17.2 Å². The zero-order valence-corrected chi connectivity index (χ0v) is 11.4. The Morgan fingerprint density at radius 1 is 1.22 bits per heavy atom. The first kappa shape index (κ1) is 14.4. The lowest BCUT2D eigenvalue weighted by atomic mass is 10.1. The van der Waals surface area contributed by atoms with Gasteiger partial charge in [-0.15, -0.1) is 0 Å². The van der Waals surface area contributed by atoms with Crippen LogP contribution < -0.4 is 9.47 Å². The molecule has 0 heterocycles. The van der Waals surface area contributed by atoms with Crippen LogP contribution in [0.1, 0.15) is 38.7 Å². The minimum Gasteiger partial charge on any atom is -0.504 e. The molecule has 3 heteroatoms. The SMILES string of the molecule is CC=Cc1ccc(O)c(OC)c1OCCCCC. The van der Waals surface area contributed by atoms with E-state index in [1.165, 1.54) is 7.11 Å². The summed E-state index contributed by atoms with van der Waals surface area (Å²) in [5.74, 6) is 1.13. The van der Waals surface area contributed by atoms with Crippen molar-refractivity contribution in [3.05, 3.63) is 23.8 Å². The Labute approximate surface area is 109 Å². The number of benzene rings is 1. The van der Waals surface area contributed by atoms with E-state index >= 15 is 0 Å². The van der Waals surface area contributed by atoms with Crippen LogP contribution in [-0.4, -0.2) is 18.8 Å². The molecule has 0 atom stereocenters. The number of phenols is 1. The fourth-order valence-corrected chi connectivity index (χ4v) is 1.75. The van der Waals surface area contributed by atoms with E-state index in [0.29, 0.717) is 18.1 Å². The number of hydrogen-bond donors (Lipinski definition) is 1. The first-order valence-corrected chi connectivity index (χ1v) is 6.40. The normalized spacial score (nSPS) is 10.8. The Kier molecular flexibility index (Phi) is 6.12. The average Bonchev–Trinajstić information content (AvgIpc) is 2.37. The highest BCUT2D eigenvalue weighted by molar-refractivity contribution is 5.66. The Bertz CT molecular complexity index is 397. The van der Waals surface area contributed by atoms with Gasteiger partial charge in [-0.25, -0.2) is 0 Å². The predicted octanol–water partition coefficient (Wildman–Crippen LogP) is 4.00. The Hall–Kier alpha value is -1.64. The van der Waals surface area contributed by atoms with Gasteiger partial charge in [-0.05, 0) is 25.5 Å². The first-order chi connectivity index (χ1) is 8.74. The number of rotatable bonds is 7. The van der Waals surface area contributed by atoms with Crippen LogP contribution in [0, 0.1) is 0 Å². The van der Waals surface area contributed by atoms with E-state index in [1.807, 2.05) is 25.1 Å². The molecule has 0 aliphatic heterocycles. The van der Waals surface area contributed by atoms with Crippen molar-refractivity contribution < 1.29 is 14.6 Å². The third-order valence-corrected chi connectivity index (χ3v) is 2.67. The summed E-state index contributed by atoms with van der Waals surface area (Å²) in [5, 5.41) is 9.76. The van der Waals surface area contributed by atoms with Gasteiger partial charge < -0.3 is 14.6 Å². The molecule has 1 aromatic rings. The van der Waals surface area contributed by atoms with Crippen molar-refractivity contribution in [2.24, 2.45) is 0 Å². The first-order valence-electron chi connectivity index (χ1n) is 6.40.